The number of carbonyl (C=O) groups is 1. The van der Waals surface area contributed by atoms with Crippen molar-refractivity contribution in [3.63, 3.8) is 0 Å². The van der Waals surface area contributed by atoms with Crippen LogP contribution in [-0.2, 0) is 0 Å². The standard InChI is InChI=1S/C7H7N3O2/c1-2-4-8-7(11)9-6-3-5-12-10-6/h1,3,5H,4H2,(H2,8,9,10,11). The molecule has 5 heteroatoms. The van der Waals surface area contributed by atoms with Crippen molar-refractivity contribution in [2.45, 2.75) is 0 Å². The van der Waals surface area contributed by atoms with Gasteiger partial charge in [-0.3, -0.25) is 5.32 Å². The van der Waals surface area contributed by atoms with Crippen LogP contribution in [0.4, 0.5) is 10.6 Å². The molecular formula is C7H7N3O2. The number of hydrogen-bond donors (Lipinski definition) is 2. The Labute approximate surface area is 69.1 Å². The smallest absolute Gasteiger partial charge is 0.321 e. The lowest BCUT2D eigenvalue weighted by molar-refractivity contribution is 0.253. The minimum absolute atomic E-state index is 0.184. The molecule has 0 atom stereocenters. The van der Waals surface area contributed by atoms with Crippen molar-refractivity contribution in [3.05, 3.63) is 12.3 Å². The fourth-order valence-corrected chi connectivity index (χ4v) is 0.569. The van der Waals surface area contributed by atoms with E-state index in [1.54, 1.807) is 0 Å². The Morgan fingerprint density at radius 1 is 1.83 bits per heavy atom. The lowest BCUT2D eigenvalue weighted by atomic mass is 10.6. The summed E-state index contributed by atoms with van der Waals surface area (Å²) in [5.41, 5.74) is 0. The number of aromatic nitrogens is 1. The van der Waals surface area contributed by atoms with E-state index < -0.39 is 6.03 Å². The first-order valence-corrected chi connectivity index (χ1v) is 3.21. The number of nitrogens with zero attached hydrogens (tertiary/aromatic N) is 1. The van der Waals surface area contributed by atoms with Crippen molar-refractivity contribution in [2.75, 3.05) is 11.9 Å². The lowest BCUT2D eigenvalue weighted by Gasteiger charge is -1.99. The van der Waals surface area contributed by atoms with Crippen LogP contribution < -0.4 is 10.6 Å². The molecule has 62 valence electrons. The molecule has 1 aromatic heterocycles. The molecule has 1 aromatic rings. The van der Waals surface area contributed by atoms with Crippen LogP contribution in [0.3, 0.4) is 0 Å². The predicted molar refractivity (Wildman–Crippen MR) is 42.4 cm³/mol. The van der Waals surface area contributed by atoms with Crippen LogP contribution in [0.1, 0.15) is 0 Å². The number of nitrogens with one attached hydrogen (secondary N) is 2. The summed E-state index contributed by atoms with van der Waals surface area (Å²) in [5.74, 6) is 2.61. The Morgan fingerprint density at radius 3 is 3.25 bits per heavy atom. The second-order valence-electron chi connectivity index (χ2n) is 1.90. The highest BCUT2D eigenvalue weighted by Gasteiger charge is 2.00. The molecule has 1 heterocycles. The van der Waals surface area contributed by atoms with Crippen LogP contribution in [0.15, 0.2) is 16.9 Å². The molecule has 2 amide bonds. The van der Waals surface area contributed by atoms with E-state index in [2.05, 4.69) is 26.2 Å². The van der Waals surface area contributed by atoms with Crippen molar-refractivity contribution < 1.29 is 9.32 Å². The molecular weight excluding hydrogens is 158 g/mol. The summed E-state index contributed by atoms with van der Waals surface area (Å²) < 4.78 is 4.49. The Kier molecular flexibility index (Phi) is 2.73. The second-order valence-corrected chi connectivity index (χ2v) is 1.90. The van der Waals surface area contributed by atoms with Crippen LogP contribution in [0.5, 0.6) is 0 Å². The van der Waals surface area contributed by atoms with E-state index >= 15 is 0 Å². The van der Waals surface area contributed by atoms with E-state index in [0.717, 1.165) is 0 Å². The van der Waals surface area contributed by atoms with Gasteiger partial charge >= 0.3 is 6.03 Å². The summed E-state index contributed by atoms with van der Waals surface area (Å²) in [6.45, 7) is 0.184. The van der Waals surface area contributed by atoms with Gasteiger partial charge in [0.05, 0.1) is 6.54 Å². The average molecular weight is 165 g/mol. The zero-order valence-electron chi connectivity index (χ0n) is 6.20. The molecule has 12 heavy (non-hydrogen) atoms. The van der Waals surface area contributed by atoms with Crippen molar-refractivity contribution in [1.29, 1.82) is 0 Å². The Hall–Kier alpha value is -1.96. The summed E-state index contributed by atoms with van der Waals surface area (Å²) in [6.07, 6.45) is 6.28. The van der Waals surface area contributed by atoms with Gasteiger partial charge in [-0.15, -0.1) is 6.42 Å². The first-order valence-electron chi connectivity index (χ1n) is 3.21. The monoisotopic (exact) mass is 165 g/mol. The lowest BCUT2D eigenvalue weighted by Crippen LogP contribution is -2.28. The van der Waals surface area contributed by atoms with Gasteiger partial charge in [-0.1, -0.05) is 11.1 Å². The topological polar surface area (TPSA) is 67.2 Å². The molecule has 1 rings (SSSR count). The fourth-order valence-electron chi connectivity index (χ4n) is 0.569. The van der Waals surface area contributed by atoms with Gasteiger partial charge in [0.1, 0.15) is 6.26 Å². The van der Waals surface area contributed by atoms with Gasteiger partial charge in [-0.25, -0.2) is 4.79 Å². The summed E-state index contributed by atoms with van der Waals surface area (Å²) in [7, 11) is 0. The number of anilines is 1. The highest BCUT2D eigenvalue weighted by atomic mass is 16.5. The maximum Gasteiger partial charge on any atom is 0.321 e. The highest BCUT2D eigenvalue weighted by Crippen LogP contribution is 1.99. The molecule has 0 fully saturated rings. The SMILES string of the molecule is C#CCNC(=O)Nc1ccon1. The minimum atomic E-state index is -0.401. The largest absolute Gasteiger partial charge is 0.363 e. The molecule has 0 aliphatic rings. The summed E-state index contributed by atoms with van der Waals surface area (Å²) in [4.78, 5) is 10.9. The minimum Gasteiger partial charge on any atom is -0.363 e. The van der Waals surface area contributed by atoms with Crippen molar-refractivity contribution in [2.24, 2.45) is 0 Å². The van der Waals surface area contributed by atoms with E-state index in [0.29, 0.717) is 5.82 Å². The van der Waals surface area contributed by atoms with Gasteiger partial charge in [0.25, 0.3) is 0 Å². The zero-order valence-corrected chi connectivity index (χ0v) is 6.20. The molecule has 0 unspecified atom stereocenters. The molecule has 0 saturated carbocycles. The van der Waals surface area contributed by atoms with Crippen LogP contribution in [0, 0.1) is 12.3 Å². The quantitative estimate of drug-likeness (QED) is 0.624. The van der Waals surface area contributed by atoms with E-state index in [4.69, 9.17) is 6.42 Å². The van der Waals surface area contributed by atoms with Crippen LogP contribution >= 0.6 is 0 Å². The van der Waals surface area contributed by atoms with Gasteiger partial charge in [0.15, 0.2) is 5.82 Å². The average Bonchev–Trinajstić information content (AvgIpc) is 2.53. The van der Waals surface area contributed by atoms with Gasteiger partial charge in [-0.2, -0.15) is 0 Å². The van der Waals surface area contributed by atoms with Gasteiger partial charge in [0.2, 0.25) is 0 Å². The molecule has 0 bridgehead atoms. The van der Waals surface area contributed by atoms with Crippen LogP contribution in [0.25, 0.3) is 0 Å². The molecule has 0 radical (unpaired) electrons. The highest BCUT2D eigenvalue weighted by molar-refractivity contribution is 5.88. The van der Waals surface area contributed by atoms with Gasteiger partial charge in [-0.05, 0) is 0 Å². The molecule has 5 nitrogen and oxygen atoms in total. The predicted octanol–water partition coefficient (Wildman–Crippen LogP) is 0.429. The number of carbonyl (C=O) groups excluding carboxylic acids is 1. The normalized spacial score (nSPS) is 8.58. The summed E-state index contributed by atoms with van der Waals surface area (Å²) >= 11 is 0. The number of terminal acetylenes is 1. The fraction of sp³-hybridized carbons (Fsp3) is 0.143. The Bertz CT molecular complexity index is 286. The third-order valence-corrected chi connectivity index (χ3v) is 1.03. The van der Waals surface area contributed by atoms with Crippen molar-refractivity contribution in [1.82, 2.24) is 10.5 Å². The maximum absolute atomic E-state index is 10.9. The molecule has 0 aliphatic carbocycles. The zero-order chi connectivity index (χ0) is 8.81. The Morgan fingerprint density at radius 2 is 2.67 bits per heavy atom. The molecule has 0 spiro atoms. The number of urea groups is 1. The molecule has 0 saturated heterocycles. The van der Waals surface area contributed by atoms with E-state index in [9.17, 15) is 4.79 Å². The van der Waals surface area contributed by atoms with E-state index in [-0.39, 0.29) is 6.54 Å². The first-order chi connectivity index (χ1) is 5.83. The summed E-state index contributed by atoms with van der Waals surface area (Å²) in [6, 6.07) is 1.12. The number of rotatable bonds is 2. The second kappa shape index (κ2) is 4.03. The third-order valence-electron chi connectivity index (χ3n) is 1.03. The number of hydrogen-bond acceptors (Lipinski definition) is 3. The number of amides is 2. The molecule has 2 N–H and O–H groups in total. The van der Waals surface area contributed by atoms with E-state index in [1.165, 1.54) is 12.3 Å². The van der Waals surface area contributed by atoms with Crippen molar-refractivity contribution in [3.8, 4) is 12.3 Å². The van der Waals surface area contributed by atoms with Gasteiger partial charge < -0.3 is 9.84 Å². The first kappa shape index (κ1) is 8.14. The third kappa shape index (κ3) is 2.34. The Balaban J connectivity index is 2.33. The molecule has 0 aliphatic heterocycles. The maximum atomic E-state index is 10.9. The van der Waals surface area contributed by atoms with Crippen LogP contribution in [0.2, 0.25) is 0 Å². The van der Waals surface area contributed by atoms with Gasteiger partial charge in [0, 0.05) is 6.07 Å². The molecule has 0 aromatic carbocycles. The summed E-state index contributed by atoms with van der Waals surface area (Å²) in [5, 5.41) is 8.27. The van der Waals surface area contributed by atoms with Crippen molar-refractivity contribution >= 4 is 11.8 Å². The van der Waals surface area contributed by atoms with E-state index in [1.807, 2.05) is 0 Å². The van der Waals surface area contributed by atoms with Crippen LogP contribution in [-0.4, -0.2) is 17.7 Å².